The van der Waals surface area contributed by atoms with Crippen LogP contribution in [0.1, 0.15) is 35.7 Å². The zero-order chi connectivity index (χ0) is 26.7. The van der Waals surface area contributed by atoms with Gasteiger partial charge in [-0.2, -0.15) is 0 Å². The van der Waals surface area contributed by atoms with E-state index < -0.39 is 34.6 Å². The number of likely N-dealkylation sites (tertiary alicyclic amines) is 2. The van der Waals surface area contributed by atoms with Gasteiger partial charge in [-0.15, -0.1) is 0 Å². The molecule has 2 heterocycles. The number of nitrogens with one attached hydrogen (secondary N) is 2. The maximum atomic E-state index is 14.7. The summed E-state index contributed by atoms with van der Waals surface area (Å²) in [6.07, 6.45) is 1.08. The summed E-state index contributed by atoms with van der Waals surface area (Å²) in [6.45, 7) is 5.10. The van der Waals surface area contributed by atoms with E-state index in [-0.39, 0.29) is 43.0 Å². The summed E-state index contributed by atoms with van der Waals surface area (Å²) in [6, 6.07) is 6.31. The molecule has 200 valence electrons. The number of anilines is 2. The van der Waals surface area contributed by atoms with Gasteiger partial charge >= 0.3 is 6.09 Å². The zero-order valence-corrected chi connectivity index (χ0v) is 20.8. The topological polar surface area (TPSA) is 94.1 Å². The lowest BCUT2D eigenvalue weighted by molar-refractivity contribution is -0.0804. The molecular formula is C26H31F3N4O4. The largest absolute Gasteiger partial charge is 0.450 e. The molecule has 2 aromatic carbocycles. The third-order valence-corrected chi connectivity index (χ3v) is 6.71. The molecule has 2 aliphatic heterocycles. The second-order valence-corrected chi connectivity index (χ2v) is 9.62. The molecule has 2 aromatic rings. The van der Waals surface area contributed by atoms with Gasteiger partial charge in [0.15, 0.2) is 11.6 Å². The Morgan fingerprint density at radius 3 is 2.43 bits per heavy atom. The highest BCUT2D eigenvalue weighted by Gasteiger charge is 2.44. The molecular weight excluding hydrogens is 489 g/mol. The van der Waals surface area contributed by atoms with Crippen molar-refractivity contribution in [2.24, 2.45) is 0 Å². The maximum absolute atomic E-state index is 14.7. The van der Waals surface area contributed by atoms with Crippen molar-refractivity contribution in [3.8, 4) is 0 Å². The summed E-state index contributed by atoms with van der Waals surface area (Å²) in [5, 5.41) is 16.7. The van der Waals surface area contributed by atoms with Gasteiger partial charge in [-0.3, -0.25) is 4.79 Å². The first-order valence-corrected chi connectivity index (χ1v) is 12.3. The number of amides is 2. The first kappa shape index (κ1) is 26.7. The lowest BCUT2D eigenvalue weighted by Gasteiger charge is -2.47. The SMILES string of the molecule is CCOC(=O)N1CCC(NCC2(O)CN(C(=O)c3ccc(F)c(F)c3Nc3ccc(C)cc3F)C2)CC1. The average Bonchev–Trinajstić information content (AvgIpc) is 2.85. The number of halogens is 3. The molecule has 0 radical (unpaired) electrons. The van der Waals surface area contributed by atoms with Crippen molar-refractivity contribution in [1.82, 2.24) is 15.1 Å². The van der Waals surface area contributed by atoms with Crippen LogP contribution < -0.4 is 10.6 Å². The number of benzene rings is 2. The predicted octanol–water partition coefficient (Wildman–Crippen LogP) is 3.55. The van der Waals surface area contributed by atoms with Crippen LogP contribution in [0.3, 0.4) is 0 Å². The number of aryl methyl sites for hydroxylation is 1. The number of nitrogens with zero attached hydrogens (tertiary/aromatic N) is 2. The molecule has 0 aliphatic carbocycles. The molecule has 0 saturated carbocycles. The smallest absolute Gasteiger partial charge is 0.409 e. The summed E-state index contributed by atoms with van der Waals surface area (Å²) >= 11 is 0. The average molecular weight is 521 g/mol. The molecule has 8 nitrogen and oxygen atoms in total. The van der Waals surface area contributed by atoms with Gasteiger partial charge in [-0.1, -0.05) is 6.07 Å². The van der Waals surface area contributed by atoms with E-state index >= 15 is 0 Å². The summed E-state index contributed by atoms with van der Waals surface area (Å²) < 4.78 is 48.0. The number of carbonyl (C=O) groups is 2. The number of ether oxygens (including phenoxy) is 1. The van der Waals surface area contributed by atoms with Crippen LogP contribution in [0.4, 0.5) is 29.3 Å². The molecule has 4 rings (SSSR count). The fraction of sp³-hybridized carbons (Fsp3) is 0.462. The monoisotopic (exact) mass is 520 g/mol. The Morgan fingerprint density at radius 2 is 1.78 bits per heavy atom. The van der Waals surface area contributed by atoms with E-state index in [0.717, 1.165) is 12.1 Å². The van der Waals surface area contributed by atoms with Gasteiger partial charge in [0.2, 0.25) is 0 Å². The molecule has 0 bridgehead atoms. The van der Waals surface area contributed by atoms with Crippen molar-refractivity contribution in [3.63, 3.8) is 0 Å². The Hall–Kier alpha value is -3.31. The van der Waals surface area contributed by atoms with E-state index in [1.807, 2.05) is 0 Å². The minimum atomic E-state index is -1.29. The van der Waals surface area contributed by atoms with Crippen molar-refractivity contribution in [2.45, 2.75) is 38.3 Å². The summed E-state index contributed by atoms with van der Waals surface area (Å²) in [7, 11) is 0. The van der Waals surface area contributed by atoms with Crippen LogP contribution in [0, 0.1) is 24.4 Å². The van der Waals surface area contributed by atoms with Crippen molar-refractivity contribution in [3.05, 3.63) is 58.9 Å². The lowest BCUT2D eigenvalue weighted by atomic mass is 9.92. The van der Waals surface area contributed by atoms with E-state index in [2.05, 4.69) is 10.6 Å². The van der Waals surface area contributed by atoms with Gasteiger partial charge in [0, 0.05) is 25.7 Å². The van der Waals surface area contributed by atoms with Crippen molar-refractivity contribution < 1.29 is 32.6 Å². The minimum absolute atomic E-state index is 0.00215. The highest BCUT2D eigenvalue weighted by atomic mass is 19.2. The molecule has 0 unspecified atom stereocenters. The summed E-state index contributed by atoms with van der Waals surface area (Å²) in [5.74, 6) is -3.75. The number of hydrogen-bond acceptors (Lipinski definition) is 6. The predicted molar refractivity (Wildman–Crippen MR) is 131 cm³/mol. The third-order valence-electron chi connectivity index (χ3n) is 6.71. The molecule has 0 spiro atoms. The van der Waals surface area contributed by atoms with Gasteiger partial charge < -0.3 is 30.3 Å². The number of rotatable bonds is 7. The quantitative estimate of drug-likeness (QED) is 0.517. The van der Waals surface area contributed by atoms with E-state index in [4.69, 9.17) is 4.74 Å². The fourth-order valence-electron chi connectivity index (χ4n) is 4.61. The van der Waals surface area contributed by atoms with Crippen molar-refractivity contribution >= 4 is 23.4 Å². The molecule has 2 aliphatic rings. The maximum Gasteiger partial charge on any atom is 0.409 e. The molecule has 37 heavy (non-hydrogen) atoms. The molecule has 0 aromatic heterocycles. The van der Waals surface area contributed by atoms with Crippen LogP contribution in [0.25, 0.3) is 0 Å². The Bertz CT molecular complexity index is 1160. The molecule has 2 fully saturated rings. The number of carbonyl (C=O) groups excluding carboxylic acids is 2. The van der Waals surface area contributed by atoms with Crippen LogP contribution in [-0.4, -0.2) is 77.9 Å². The lowest BCUT2D eigenvalue weighted by Crippen LogP contribution is -2.68. The second-order valence-electron chi connectivity index (χ2n) is 9.62. The Labute approximate surface area is 213 Å². The van der Waals surface area contributed by atoms with Crippen molar-refractivity contribution in [2.75, 3.05) is 44.6 Å². The highest BCUT2D eigenvalue weighted by Crippen LogP contribution is 2.31. The second kappa shape index (κ2) is 11.0. The molecule has 2 saturated heterocycles. The molecule has 3 N–H and O–H groups in total. The number of β-amino-alcohol motifs (C(OH)–C–C–N with tert-alkyl or cyclic N) is 1. The standard InChI is InChI=1S/C26H31F3N4O4/c1-3-37-25(35)32-10-8-17(9-11-32)30-13-26(36)14-33(15-26)24(34)18-5-6-19(27)22(29)23(18)31-21-7-4-16(2)12-20(21)28/h4-7,12,17,30-31,36H,3,8-11,13-15H2,1-2H3. The van der Waals surface area contributed by atoms with Gasteiger partial charge in [0.1, 0.15) is 11.4 Å². The minimum Gasteiger partial charge on any atom is -0.450 e. The van der Waals surface area contributed by atoms with Gasteiger partial charge in [0.25, 0.3) is 5.91 Å². The van der Waals surface area contributed by atoms with Crippen LogP contribution in [0.15, 0.2) is 30.3 Å². The zero-order valence-electron chi connectivity index (χ0n) is 20.8. The highest BCUT2D eigenvalue weighted by molar-refractivity contribution is 6.01. The molecule has 2 amide bonds. The van der Waals surface area contributed by atoms with E-state index in [1.54, 1.807) is 24.8 Å². The van der Waals surface area contributed by atoms with E-state index in [0.29, 0.717) is 38.1 Å². The normalized spacial score (nSPS) is 17.4. The summed E-state index contributed by atoms with van der Waals surface area (Å²) in [5.41, 5.74) is -1.25. The molecule has 11 heteroatoms. The first-order valence-electron chi connectivity index (χ1n) is 12.3. The van der Waals surface area contributed by atoms with E-state index in [9.17, 15) is 27.9 Å². The van der Waals surface area contributed by atoms with Gasteiger partial charge in [-0.05, 0) is 56.5 Å². The van der Waals surface area contributed by atoms with Gasteiger partial charge in [-0.25, -0.2) is 18.0 Å². The number of hydrogen-bond donors (Lipinski definition) is 3. The Kier molecular flexibility index (Phi) is 7.93. The van der Waals surface area contributed by atoms with Crippen molar-refractivity contribution in [1.29, 1.82) is 0 Å². The third kappa shape index (κ3) is 5.99. The Balaban J connectivity index is 1.35. The number of piperidine rings is 1. The van der Waals surface area contributed by atoms with Crippen LogP contribution >= 0.6 is 0 Å². The van der Waals surface area contributed by atoms with Crippen LogP contribution in [0.2, 0.25) is 0 Å². The molecule has 0 atom stereocenters. The van der Waals surface area contributed by atoms with E-state index in [1.165, 1.54) is 17.0 Å². The Morgan fingerprint density at radius 1 is 1.08 bits per heavy atom. The first-order chi connectivity index (χ1) is 17.6. The van der Waals surface area contributed by atoms with Gasteiger partial charge in [0.05, 0.1) is 36.6 Å². The van der Waals surface area contributed by atoms with Crippen LogP contribution in [0.5, 0.6) is 0 Å². The fourth-order valence-corrected chi connectivity index (χ4v) is 4.61. The summed E-state index contributed by atoms with van der Waals surface area (Å²) in [4.78, 5) is 27.9. The number of aliphatic hydroxyl groups is 1. The van der Waals surface area contributed by atoms with Crippen LogP contribution in [-0.2, 0) is 4.74 Å².